The summed E-state index contributed by atoms with van der Waals surface area (Å²) in [6, 6.07) is 3.52. The van der Waals surface area contributed by atoms with E-state index in [9.17, 15) is 9.59 Å². The van der Waals surface area contributed by atoms with Gasteiger partial charge in [-0.25, -0.2) is 4.79 Å². The highest BCUT2D eigenvalue weighted by Crippen LogP contribution is 2.20. The number of nitrogens with one attached hydrogen (secondary N) is 1. The SMILES string of the molecule is CC(C)(C#N)CCCn1ccc(=O)[nH]c1=O. The summed E-state index contributed by atoms with van der Waals surface area (Å²) in [6.45, 7) is 4.24. The van der Waals surface area contributed by atoms with Crippen molar-refractivity contribution in [2.45, 2.75) is 33.2 Å². The van der Waals surface area contributed by atoms with Gasteiger partial charge in [0, 0.05) is 18.8 Å². The maximum atomic E-state index is 11.3. The van der Waals surface area contributed by atoms with Crippen LogP contribution in [0.15, 0.2) is 21.9 Å². The van der Waals surface area contributed by atoms with Gasteiger partial charge < -0.3 is 4.57 Å². The molecule has 0 atom stereocenters. The Morgan fingerprint density at radius 1 is 1.50 bits per heavy atom. The smallest absolute Gasteiger partial charge is 0.301 e. The highest BCUT2D eigenvalue weighted by molar-refractivity contribution is 4.91. The summed E-state index contributed by atoms with van der Waals surface area (Å²) in [5.41, 5.74) is -1.16. The quantitative estimate of drug-likeness (QED) is 0.819. The van der Waals surface area contributed by atoms with Crippen molar-refractivity contribution in [1.29, 1.82) is 5.26 Å². The van der Waals surface area contributed by atoms with E-state index in [2.05, 4.69) is 11.1 Å². The van der Waals surface area contributed by atoms with Gasteiger partial charge in [0.05, 0.1) is 11.5 Å². The Balaban J connectivity index is 2.60. The molecule has 0 aliphatic rings. The van der Waals surface area contributed by atoms with Gasteiger partial charge >= 0.3 is 5.69 Å². The fourth-order valence-electron chi connectivity index (χ4n) is 1.37. The molecule has 1 heterocycles. The number of hydrogen-bond acceptors (Lipinski definition) is 3. The summed E-state index contributed by atoms with van der Waals surface area (Å²) in [4.78, 5) is 24.3. The number of hydrogen-bond donors (Lipinski definition) is 1. The Labute approximate surface area is 93.4 Å². The molecule has 0 radical (unpaired) electrons. The fourth-order valence-corrected chi connectivity index (χ4v) is 1.37. The molecule has 0 spiro atoms. The molecule has 1 rings (SSSR count). The number of aryl methyl sites for hydroxylation is 1. The van der Waals surface area contributed by atoms with Crippen LogP contribution in [-0.4, -0.2) is 9.55 Å². The van der Waals surface area contributed by atoms with E-state index in [1.807, 2.05) is 13.8 Å². The lowest BCUT2D eigenvalue weighted by molar-refractivity contribution is 0.411. The number of aromatic nitrogens is 2. The largest absolute Gasteiger partial charge is 0.328 e. The molecular weight excluding hydrogens is 206 g/mol. The minimum Gasteiger partial charge on any atom is -0.301 e. The predicted molar refractivity (Wildman–Crippen MR) is 60.0 cm³/mol. The molecule has 0 aromatic carbocycles. The van der Waals surface area contributed by atoms with Crippen LogP contribution in [0.25, 0.3) is 0 Å². The van der Waals surface area contributed by atoms with Crippen molar-refractivity contribution < 1.29 is 0 Å². The van der Waals surface area contributed by atoms with Gasteiger partial charge in [0.2, 0.25) is 0 Å². The summed E-state index contributed by atoms with van der Waals surface area (Å²) in [5, 5.41) is 8.82. The molecule has 86 valence electrons. The van der Waals surface area contributed by atoms with Crippen LogP contribution >= 0.6 is 0 Å². The van der Waals surface area contributed by atoms with E-state index in [1.54, 1.807) is 0 Å². The maximum absolute atomic E-state index is 11.3. The number of nitrogens with zero attached hydrogens (tertiary/aromatic N) is 2. The van der Waals surface area contributed by atoms with Crippen molar-refractivity contribution in [2.24, 2.45) is 5.41 Å². The zero-order valence-corrected chi connectivity index (χ0v) is 9.49. The molecule has 16 heavy (non-hydrogen) atoms. The normalized spacial score (nSPS) is 11.1. The van der Waals surface area contributed by atoms with Crippen LogP contribution in [0, 0.1) is 16.7 Å². The number of H-pyrrole nitrogens is 1. The van der Waals surface area contributed by atoms with Crippen LogP contribution in [0.1, 0.15) is 26.7 Å². The first-order chi connectivity index (χ1) is 7.44. The van der Waals surface area contributed by atoms with Crippen LogP contribution < -0.4 is 11.2 Å². The fraction of sp³-hybridized carbons (Fsp3) is 0.545. The van der Waals surface area contributed by atoms with Crippen LogP contribution in [-0.2, 0) is 6.54 Å². The molecule has 0 fully saturated rings. The van der Waals surface area contributed by atoms with E-state index in [0.29, 0.717) is 6.54 Å². The van der Waals surface area contributed by atoms with Gasteiger partial charge in [-0.3, -0.25) is 9.78 Å². The van der Waals surface area contributed by atoms with Gasteiger partial charge in [-0.1, -0.05) is 0 Å². The molecule has 5 heteroatoms. The molecule has 0 bridgehead atoms. The minimum atomic E-state index is -0.401. The number of nitriles is 1. The summed E-state index contributed by atoms with van der Waals surface area (Å²) in [7, 11) is 0. The first-order valence-electron chi connectivity index (χ1n) is 5.16. The van der Waals surface area contributed by atoms with Crippen molar-refractivity contribution in [3.05, 3.63) is 33.1 Å². The number of aromatic amines is 1. The molecule has 1 aromatic rings. The van der Waals surface area contributed by atoms with Gasteiger partial charge in [0.15, 0.2) is 0 Å². The van der Waals surface area contributed by atoms with E-state index in [1.165, 1.54) is 16.8 Å². The molecule has 0 saturated carbocycles. The lowest BCUT2D eigenvalue weighted by atomic mass is 9.90. The molecule has 0 unspecified atom stereocenters. The predicted octanol–water partition coefficient (Wildman–Crippen LogP) is 0.867. The molecular formula is C11H15N3O2. The van der Waals surface area contributed by atoms with E-state index in [-0.39, 0.29) is 5.41 Å². The first kappa shape index (κ1) is 12.2. The Bertz CT molecular complexity index is 505. The second-order valence-corrected chi connectivity index (χ2v) is 4.40. The maximum Gasteiger partial charge on any atom is 0.328 e. The summed E-state index contributed by atoms with van der Waals surface area (Å²) < 4.78 is 1.44. The minimum absolute atomic E-state index is 0.369. The monoisotopic (exact) mass is 221 g/mol. The Morgan fingerprint density at radius 2 is 2.19 bits per heavy atom. The van der Waals surface area contributed by atoms with Gasteiger partial charge in [-0.05, 0) is 26.7 Å². The van der Waals surface area contributed by atoms with Crippen LogP contribution in [0.5, 0.6) is 0 Å². The average molecular weight is 221 g/mol. The lowest BCUT2D eigenvalue weighted by Crippen LogP contribution is -2.28. The average Bonchev–Trinajstić information content (AvgIpc) is 2.21. The van der Waals surface area contributed by atoms with E-state index < -0.39 is 11.2 Å². The van der Waals surface area contributed by atoms with Crippen LogP contribution in [0.3, 0.4) is 0 Å². The second kappa shape index (κ2) is 4.79. The summed E-state index contributed by atoms with van der Waals surface area (Å²) in [6.07, 6.45) is 2.92. The van der Waals surface area contributed by atoms with Gasteiger partial charge in [0.25, 0.3) is 5.56 Å². The van der Waals surface area contributed by atoms with Crippen LogP contribution in [0.4, 0.5) is 0 Å². The van der Waals surface area contributed by atoms with E-state index in [0.717, 1.165) is 12.8 Å². The van der Waals surface area contributed by atoms with Crippen molar-refractivity contribution >= 4 is 0 Å². The molecule has 0 amide bonds. The third-order valence-electron chi connectivity index (χ3n) is 2.40. The lowest BCUT2D eigenvalue weighted by Gasteiger charge is -2.14. The zero-order chi connectivity index (χ0) is 12.2. The molecule has 0 aliphatic carbocycles. The topological polar surface area (TPSA) is 78.7 Å². The number of rotatable bonds is 4. The molecule has 0 aliphatic heterocycles. The van der Waals surface area contributed by atoms with Crippen molar-refractivity contribution in [1.82, 2.24) is 9.55 Å². The Morgan fingerprint density at radius 3 is 2.75 bits per heavy atom. The van der Waals surface area contributed by atoms with E-state index in [4.69, 9.17) is 5.26 Å². The highest BCUT2D eigenvalue weighted by atomic mass is 16.2. The first-order valence-corrected chi connectivity index (χ1v) is 5.16. The zero-order valence-electron chi connectivity index (χ0n) is 9.49. The molecule has 1 aromatic heterocycles. The van der Waals surface area contributed by atoms with Gasteiger partial charge in [-0.15, -0.1) is 0 Å². The van der Waals surface area contributed by atoms with Gasteiger partial charge in [0.1, 0.15) is 0 Å². The molecule has 1 N–H and O–H groups in total. The van der Waals surface area contributed by atoms with Crippen molar-refractivity contribution in [3.8, 4) is 6.07 Å². The standard InChI is InChI=1S/C11H15N3O2/c1-11(2,8-12)5-3-6-14-7-4-9(15)13-10(14)16/h4,7H,3,5-6H2,1-2H3,(H,13,15,16). The Hall–Kier alpha value is -1.83. The molecule has 5 nitrogen and oxygen atoms in total. The van der Waals surface area contributed by atoms with Crippen LogP contribution in [0.2, 0.25) is 0 Å². The third kappa shape index (κ3) is 3.39. The van der Waals surface area contributed by atoms with Crippen molar-refractivity contribution in [2.75, 3.05) is 0 Å². The van der Waals surface area contributed by atoms with Gasteiger partial charge in [-0.2, -0.15) is 5.26 Å². The summed E-state index contributed by atoms with van der Waals surface area (Å²) >= 11 is 0. The summed E-state index contributed by atoms with van der Waals surface area (Å²) in [5.74, 6) is 0. The van der Waals surface area contributed by atoms with E-state index >= 15 is 0 Å². The molecule has 0 saturated heterocycles. The third-order valence-corrected chi connectivity index (χ3v) is 2.40. The second-order valence-electron chi connectivity index (χ2n) is 4.40. The van der Waals surface area contributed by atoms with Crippen molar-refractivity contribution in [3.63, 3.8) is 0 Å². The highest BCUT2D eigenvalue weighted by Gasteiger charge is 2.15. The Kier molecular flexibility index (Phi) is 3.67.